The minimum absolute atomic E-state index is 0.210. The minimum atomic E-state index is -0.845. The molecule has 0 bridgehead atoms. The van der Waals surface area contributed by atoms with Crippen LogP contribution in [0.3, 0.4) is 0 Å². The predicted molar refractivity (Wildman–Crippen MR) is 121 cm³/mol. The molecule has 4 rings (SSSR count). The van der Waals surface area contributed by atoms with E-state index in [-0.39, 0.29) is 10.8 Å². The van der Waals surface area contributed by atoms with Gasteiger partial charge in [-0.25, -0.2) is 0 Å². The van der Waals surface area contributed by atoms with Crippen molar-refractivity contribution in [2.45, 2.75) is 123 Å². The second kappa shape index (κ2) is 7.80. The van der Waals surface area contributed by atoms with E-state index in [2.05, 4.69) is 34.6 Å². The Labute approximate surface area is 180 Å². The Morgan fingerprint density at radius 2 is 1.59 bits per heavy atom. The zero-order valence-corrected chi connectivity index (χ0v) is 19.9. The van der Waals surface area contributed by atoms with Crippen molar-refractivity contribution in [3.8, 4) is 0 Å². The summed E-state index contributed by atoms with van der Waals surface area (Å²) in [5, 5.41) is 23.7. The molecule has 9 atom stereocenters. The highest BCUT2D eigenvalue weighted by Gasteiger charge is 2.69. The SMILES string of the molecule is CC(C)CCC[C@@H](C)[C@H]1CC[C@@H]2[C@]1(C)CC[C@@H]1[C@@]3(C)CCCC[C@@H]3C[C@@H](O)[C@]12O. The molecule has 4 fully saturated rings. The fourth-order valence-corrected chi connectivity index (χ4v) is 9.35. The lowest BCUT2D eigenvalue weighted by Gasteiger charge is -2.66. The van der Waals surface area contributed by atoms with E-state index in [1.807, 2.05) is 0 Å². The number of hydrogen-bond acceptors (Lipinski definition) is 2. The molecule has 0 radical (unpaired) electrons. The van der Waals surface area contributed by atoms with Crippen molar-refractivity contribution in [2.75, 3.05) is 0 Å². The van der Waals surface area contributed by atoms with E-state index in [4.69, 9.17) is 0 Å². The molecule has 2 heteroatoms. The molecule has 2 N–H and O–H groups in total. The zero-order valence-electron chi connectivity index (χ0n) is 19.9. The largest absolute Gasteiger partial charge is 0.390 e. The van der Waals surface area contributed by atoms with Crippen molar-refractivity contribution < 1.29 is 10.2 Å². The Morgan fingerprint density at radius 3 is 2.31 bits per heavy atom. The van der Waals surface area contributed by atoms with Crippen LogP contribution < -0.4 is 0 Å². The van der Waals surface area contributed by atoms with Crippen molar-refractivity contribution in [2.24, 2.45) is 46.3 Å². The average molecular weight is 405 g/mol. The summed E-state index contributed by atoms with van der Waals surface area (Å²) >= 11 is 0. The summed E-state index contributed by atoms with van der Waals surface area (Å²) in [4.78, 5) is 0. The second-order valence-corrected chi connectivity index (χ2v) is 12.7. The zero-order chi connectivity index (χ0) is 21.0. The molecule has 0 spiro atoms. The number of hydrogen-bond donors (Lipinski definition) is 2. The van der Waals surface area contributed by atoms with Gasteiger partial charge in [0.1, 0.15) is 0 Å². The van der Waals surface area contributed by atoms with Crippen LogP contribution in [0.15, 0.2) is 0 Å². The summed E-state index contributed by atoms with van der Waals surface area (Å²) in [5.74, 6) is 3.47. The van der Waals surface area contributed by atoms with Gasteiger partial charge < -0.3 is 10.2 Å². The molecule has 29 heavy (non-hydrogen) atoms. The van der Waals surface area contributed by atoms with Crippen LogP contribution in [0.5, 0.6) is 0 Å². The standard InChI is InChI=1S/C27H48O2/c1-18(2)9-8-10-19(3)21-12-13-22-26(21,5)16-14-23-25(4)15-7-6-11-20(25)17-24(28)27(22,23)29/h18-24,28-29H,6-17H2,1-5H3/t19-,20-,21-,22-,23-,24-,25+,26-,27-/m1/s1. The van der Waals surface area contributed by atoms with Gasteiger partial charge >= 0.3 is 0 Å². The van der Waals surface area contributed by atoms with Gasteiger partial charge in [0.2, 0.25) is 0 Å². The first-order chi connectivity index (χ1) is 13.6. The molecule has 0 unspecified atom stereocenters. The predicted octanol–water partition coefficient (Wildman–Crippen LogP) is 6.58. The Kier molecular flexibility index (Phi) is 5.95. The molecule has 0 aromatic heterocycles. The highest BCUT2D eigenvalue weighted by Crippen LogP contribution is 2.69. The summed E-state index contributed by atoms with van der Waals surface area (Å²) in [6, 6.07) is 0. The monoisotopic (exact) mass is 404 g/mol. The van der Waals surface area contributed by atoms with Crippen LogP contribution in [-0.2, 0) is 0 Å². The van der Waals surface area contributed by atoms with Crippen molar-refractivity contribution >= 4 is 0 Å². The smallest absolute Gasteiger partial charge is 0.0971 e. The third kappa shape index (κ3) is 3.34. The first kappa shape index (κ1) is 22.1. The summed E-state index contributed by atoms with van der Waals surface area (Å²) in [6.07, 6.45) is 14.2. The molecule has 0 aliphatic heterocycles. The molecule has 4 aliphatic carbocycles. The van der Waals surface area contributed by atoms with Gasteiger partial charge in [-0.05, 0) is 91.3 Å². The summed E-state index contributed by atoms with van der Waals surface area (Å²) < 4.78 is 0. The van der Waals surface area contributed by atoms with Gasteiger partial charge in [-0.3, -0.25) is 0 Å². The van der Waals surface area contributed by atoms with Crippen LogP contribution in [0, 0.1) is 46.3 Å². The number of fused-ring (bicyclic) bond motifs is 5. The maximum Gasteiger partial charge on any atom is 0.0971 e. The Balaban J connectivity index is 1.56. The molecular weight excluding hydrogens is 356 g/mol. The summed E-state index contributed by atoms with van der Waals surface area (Å²) in [7, 11) is 0. The third-order valence-electron chi connectivity index (χ3n) is 10.9. The topological polar surface area (TPSA) is 40.5 Å². The first-order valence-corrected chi connectivity index (χ1v) is 13.0. The third-order valence-corrected chi connectivity index (χ3v) is 10.9. The molecule has 4 aliphatic rings. The molecule has 4 saturated carbocycles. The summed E-state index contributed by atoms with van der Waals surface area (Å²) in [6.45, 7) is 12.1. The van der Waals surface area contributed by atoms with Crippen LogP contribution in [0.1, 0.15) is 112 Å². The number of aliphatic hydroxyl groups is 2. The highest BCUT2D eigenvalue weighted by atomic mass is 16.3. The van der Waals surface area contributed by atoms with E-state index in [1.165, 1.54) is 57.8 Å². The Hall–Kier alpha value is -0.0800. The van der Waals surface area contributed by atoms with Crippen LogP contribution in [0.25, 0.3) is 0 Å². The molecule has 0 saturated heterocycles. The average Bonchev–Trinajstić information content (AvgIpc) is 3.01. The maximum absolute atomic E-state index is 12.3. The normalized spacial score (nSPS) is 50.7. The van der Waals surface area contributed by atoms with Gasteiger partial charge in [-0.1, -0.05) is 66.7 Å². The first-order valence-electron chi connectivity index (χ1n) is 13.0. The van der Waals surface area contributed by atoms with Gasteiger partial charge in [0.25, 0.3) is 0 Å². The van der Waals surface area contributed by atoms with E-state index in [0.29, 0.717) is 23.7 Å². The van der Waals surface area contributed by atoms with Crippen molar-refractivity contribution in [3.05, 3.63) is 0 Å². The van der Waals surface area contributed by atoms with Crippen molar-refractivity contribution in [1.82, 2.24) is 0 Å². The lowest BCUT2D eigenvalue weighted by Crippen LogP contribution is -2.69. The number of rotatable bonds is 5. The van der Waals surface area contributed by atoms with Crippen molar-refractivity contribution in [1.29, 1.82) is 0 Å². The molecule has 0 aromatic rings. The lowest BCUT2D eigenvalue weighted by atomic mass is 9.42. The van der Waals surface area contributed by atoms with E-state index < -0.39 is 11.7 Å². The van der Waals surface area contributed by atoms with Crippen LogP contribution in [0.4, 0.5) is 0 Å². The van der Waals surface area contributed by atoms with Crippen molar-refractivity contribution in [3.63, 3.8) is 0 Å². The fourth-order valence-electron chi connectivity index (χ4n) is 9.35. The quantitative estimate of drug-likeness (QED) is 0.543. The van der Waals surface area contributed by atoms with Crippen LogP contribution >= 0.6 is 0 Å². The minimum Gasteiger partial charge on any atom is -0.390 e. The second-order valence-electron chi connectivity index (χ2n) is 12.7. The van der Waals surface area contributed by atoms with Crippen LogP contribution in [0.2, 0.25) is 0 Å². The molecule has 0 aromatic carbocycles. The van der Waals surface area contributed by atoms with E-state index in [1.54, 1.807) is 0 Å². The van der Waals surface area contributed by atoms with E-state index >= 15 is 0 Å². The Bertz CT molecular complexity index is 587. The van der Waals surface area contributed by atoms with Gasteiger partial charge in [-0.2, -0.15) is 0 Å². The lowest BCUT2D eigenvalue weighted by molar-refractivity contribution is -0.267. The number of aliphatic hydroxyl groups excluding tert-OH is 1. The van der Waals surface area contributed by atoms with Crippen LogP contribution in [-0.4, -0.2) is 21.9 Å². The van der Waals surface area contributed by atoms with E-state index in [0.717, 1.165) is 31.1 Å². The Morgan fingerprint density at radius 1 is 0.862 bits per heavy atom. The molecular formula is C27H48O2. The molecule has 0 heterocycles. The molecule has 2 nitrogen and oxygen atoms in total. The van der Waals surface area contributed by atoms with Gasteiger partial charge in [0.05, 0.1) is 11.7 Å². The van der Waals surface area contributed by atoms with Gasteiger partial charge in [0, 0.05) is 0 Å². The van der Waals surface area contributed by atoms with E-state index in [9.17, 15) is 10.2 Å². The fraction of sp³-hybridized carbons (Fsp3) is 1.00. The summed E-state index contributed by atoms with van der Waals surface area (Å²) in [5.41, 5.74) is -0.391. The maximum atomic E-state index is 12.3. The highest BCUT2D eigenvalue weighted by molar-refractivity contribution is 5.18. The van der Waals surface area contributed by atoms with Gasteiger partial charge in [-0.15, -0.1) is 0 Å². The molecule has 0 amide bonds. The van der Waals surface area contributed by atoms with Gasteiger partial charge in [0.15, 0.2) is 0 Å². The molecule has 168 valence electrons.